The molecule has 0 radical (unpaired) electrons. The zero-order valence-corrected chi connectivity index (χ0v) is 8.63. The van der Waals surface area contributed by atoms with Gasteiger partial charge in [0.25, 0.3) is 0 Å². The van der Waals surface area contributed by atoms with E-state index in [-0.39, 0.29) is 6.04 Å². The van der Waals surface area contributed by atoms with Gasteiger partial charge < -0.3 is 5.11 Å². The number of aliphatic carboxylic acids is 1. The molecule has 3 heteroatoms. The van der Waals surface area contributed by atoms with Crippen molar-refractivity contribution < 1.29 is 9.90 Å². The van der Waals surface area contributed by atoms with Crippen LogP contribution in [0.25, 0.3) is 0 Å². The van der Waals surface area contributed by atoms with Crippen LogP contribution in [-0.2, 0) is 4.79 Å². The van der Waals surface area contributed by atoms with Crippen LogP contribution in [-0.4, -0.2) is 22.7 Å². The predicted octanol–water partition coefficient (Wildman–Crippen LogP) is 1.63. The normalized spacial score (nSPS) is 32.2. The minimum Gasteiger partial charge on any atom is -0.480 e. The van der Waals surface area contributed by atoms with Crippen molar-refractivity contribution in [3.8, 4) is 0 Å². The van der Waals surface area contributed by atoms with Crippen LogP contribution in [0.15, 0.2) is 0 Å². The molecule has 0 aromatic heterocycles. The van der Waals surface area contributed by atoms with Crippen LogP contribution >= 0.6 is 0 Å². The fourth-order valence-electron chi connectivity index (χ4n) is 2.02. The second-order valence-electron chi connectivity index (χ2n) is 4.36. The van der Waals surface area contributed by atoms with Crippen LogP contribution in [0.5, 0.6) is 0 Å². The van der Waals surface area contributed by atoms with Crippen molar-refractivity contribution in [3.05, 3.63) is 0 Å². The van der Waals surface area contributed by atoms with E-state index in [0.29, 0.717) is 5.92 Å². The molecule has 0 aromatic carbocycles. The van der Waals surface area contributed by atoms with E-state index < -0.39 is 11.5 Å². The fraction of sp³-hybridized carbons (Fsp3) is 0.900. The van der Waals surface area contributed by atoms with Crippen LogP contribution in [0.1, 0.15) is 40.0 Å². The van der Waals surface area contributed by atoms with Gasteiger partial charge in [-0.25, -0.2) is 0 Å². The molecule has 0 saturated carbocycles. The highest BCUT2D eigenvalue weighted by molar-refractivity contribution is 5.84. The van der Waals surface area contributed by atoms with E-state index in [2.05, 4.69) is 26.1 Å². The Morgan fingerprint density at radius 3 is 2.62 bits per heavy atom. The first-order valence-corrected chi connectivity index (χ1v) is 5.04. The molecule has 0 aliphatic carbocycles. The Labute approximate surface area is 79.5 Å². The molecule has 1 aliphatic rings. The predicted molar refractivity (Wildman–Crippen MR) is 51.7 cm³/mol. The van der Waals surface area contributed by atoms with E-state index in [1.165, 1.54) is 0 Å². The standard InChI is InChI=1S/C10H19NO2/c1-4-5-8-10(11-8,9(12)13)6-7(2)3/h7-8,11H,4-6H2,1-3H3,(H,12,13)/t8?,10-/m1/s1. The number of rotatable bonds is 5. The Hall–Kier alpha value is -0.570. The maximum absolute atomic E-state index is 11.0. The summed E-state index contributed by atoms with van der Waals surface area (Å²) in [5.74, 6) is -0.245. The second kappa shape index (κ2) is 3.66. The van der Waals surface area contributed by atoms with Gasteiger partial charge in [-0.3, -0.25) is 10.1 Å². The van der Waals surface area contributed by atoms with Crippen LogP contribution in [0.2, 0.25) is 0 Å². The summed E-state index contributed by atoms with van der Waals surface area (Å²) in [5, 5.41) is 12.2. The van der Waals surface area contributed by atoms with Gasteiger partial charge in [0.15, 0.2) is 0 Å². The third-order valence-electron chi connectivity index (χ3n) is 2.63. The average Bonchev–Trinajstić information content (AvgIpc) is 2.63. The van der Waals surface area contributed by atoms with Gasteiger partial charge in [0.2, 0.25) is 0 Å². The zero-order valence-electron chi connectivity index (χ0n) is 8.63. The zero-order chi connectivity index (χ0) is 10.1. The molecule has 3 nitrogen and oxygen atoms in total. The number of carboxylic acid groups (broad SMARTS) is 1. The van der Waals surface area contributed by atoms with E-state index >= 15 is 0 Å². The van der Waals surface area contributed by atoms with Crippen molar-refractivity contribution in [2.45, 2.75) is 51.6 Å². The number of nitrogens with one attached hydrogen (secondary N) is 1. The summed E-state index contributed by atoms with van der Waals surface area (Å²) in [6, 6.07) is 0.206. The van der Waals surface area contributed by atoms with Crippen molar-refractivity contribution in [3.63, 3.8) is 0 Å². The lowest BCUT2D eigenvalue weighted by Crippen LogP contribution is -2.31. The molecule has 2 atom stereocenters. The van der Waals surface area contributed by atoms with Gasteiger partial charge in [0.1, 0.15) is 5.54 Å². The van der Waals surface area contributed by atoms with Gasteiger partial charge in [-0.1, -0.05) is 27.2 Å². The first kappa shape index (κ1) is 10.5. The highest BCUT2D eigenvalue weighted by Crippen LogP contribution is 2.36. The van der Waals surface area contributed by atoms with Gasteiger partial charge in [-0.2, -0.15) is 0 Å². The Morgan fingerprint density at radius 1 is 1.62 bits per heavy atom. The molecule has 1 fully saturated rings. The lowest BCUT2D eigenvalue weighted by molar-refractivity contribution is -0.140. The van der Waals surface area contributed by atoms with Crippen LogP contribution in [0.3, 0.4) is 0 Å². The summed E-state index contributed by atoms with van der Waals surface area (Å²) in [7, 11) is 0. The third kappa shape index (κ3) is 2.02. The molecule has 76 valence electrons. The number of carbonyl (C=O) groups is 1. The fourth-order valence-corrected chi connectivity index (χ4v) is 2.02. The molecule has 0 amide bonds. The SMILES string of the molecule is CCCC1N[C@@]1(CC(C)C)C(=O)O. The molecule has 0 bridgehead atoms. The van der Waals surface area contributed by atoms with Crippen molar-refractivity contribution >= 4 is 5.97 Å². The first-order valence-electron chi connectivity index (χ1n) is 5.04. The molecular formula is C10H19NO2. The third-order valence-corrected chi connectivity index (χ3v) is 2.63. The van der Waals surface area contributed by atoms with E-state index in [1.54, 1.807) is 0 Å². The molecule has 1 saturated heterocycles. The van der Waals surface area contributed by atoms with E-state index in [1.807, 2.05) is 0 Å². The van der Waals surface area contributed by atoms with Crippen molar-refractivity contribution in [1.82, 2.24) is 5.32 Å². The van der Waals surface area contributed by atoms with Crippen molar-refractivity contribution in [2.24, 2.45) is 5.92 Å². The Morgan fingerprint density at radius 2 is 2.23 bits per heavy atom. The van der Waals surface area contributed by atoms with Gasteiger partial charge in [-0.15, -0.1) is 0 Å². The monoisotopic (exact) mass is 185 g/mol. The number of hydrogen-bond acceptors (Lipinski definition) is 2. The van der Waals surface area contributed by atoms with Crippen molar-refractivity contribution in [2.75, 3.05) is 0 Å². The lowest BCUT2D eigenvalue weighted by Gasteiger charge is -2.12. The lowest BCUT2D eigenvalue weighted by atomic mass is 9.92. The molecular weight excluding hydrogens is 166 g/mol. The highest BCUT2D eigenvalue weighted by Gasteiger charge is 2.59. The minimum atomic E-state index is -0.681. The van der Waals surface area contributed by atoms with E-state index in [9.17, 15) is 4.79 Å². The quantitative estimate of drug-likeness (QED) is 0.640. The molecule has 1 rings (SSSR count). The summed E-state index contributed by atoms with van der Waals surface area (Å²) in [6.45, 7) is 6.21. The van der Waals surface area contributed by atoms with Crippen LogP contribution in [0.4, 0.5) is 0 Å². The Kier molecular flexibility index (Phi) is 2.96. The minimum absolute atomic E-state index is 0.206. The average molecular weight is 185 g/mol. The summed E-state index contributed by atoms with van der Waals surface area (Å²) in [4.78, 5) is 11.0. The topological polar surface area (TPSA) is 59.2 Å². The maximum atomic E-state index is 11.0. The molecule has 1 aliphatic heterocycles. The molecule has 1 heterocycles. The summed E-state index contributed by atoms with van der Waals surface area (Å²) >= 11 is 0. The largest absolute Gasteiger partial charge is 0.480 e. The summed E-state index contributed by atoms with van der Waals surface area (Å²) in [6.07, 6.45) is 2.76. The molecule has 2 N–H and O–H groups in total. The van der Waals surface area contributed by atoms with Gasteiger partial charge >= 0.3 is 5.97 Å². The van der Waals surface area contributed by atoms with Crippen LogP contribution in [0, 0.1) is 5.92 Å². The molecule has 13 heavy (non-hydrogen) atoms. The number of carboxylic acids is 1. The molecule has 0 aromatic rings. The van der Waals surface area contributed by atoms with Gasteiger partial charge in [-0.05, 0) is 18.8 Å². The van der Waals surface area contributed by atoms with Gasteiger partial charge in [0, 0.05) is 6.04 Å². The van der Waals surface area contributed by atoms with E-state index in [4.69, 9.17) is 5.11 Å². The van der Waals surface area contributed by atoms with Crippen molar-refractivity contribution in [1.29, 1.82) is 0 Å². The van der Waals surface area contributed by atoms with Crippen LogP contribution < -0.4 is 5.32 Å². The highest BCUT2D eigenvalue weighted by atomic mass is 16.4. The summed E-state index contributed by atoms with van der Waals surface area (Å²) < 4.78 is 0. The Bertz CT molecular complexity index is 203. The first-order chi connectivity index (χ1) is 6.03. The second-order valence-corrected chi connectivity index (χ2v) is 4.36. The van der Waals surface area contributed by atoms with E-state index in [0.717, 1.165) is 19.3 Å². The summed E-state index contributed by atoms with van der Waals surface area (Å²) in [5.41, 5.74) is -0.593. The number of hydrogen-bond donors (Lipinski definition) is 2. The Balaban J connectivity index is 2.55. The smallest absolute Gasteiger partial charge is 0.325 e. The maximum Gasteiger partial charge on any atom is 0.325 e. The molecule has 0 spiro atoms. The van der Waals surface area contributed by atoms with Gasteiger partial charge in [0.05, 0.1) is 0 Å². The molecule has 1 unspecified atom stereocenters.